The molecular formula is C18H22N6O6. The van der Waals surface area contributed by atoms with Gasteiger partial charge < -0.3 is 19.9 Å². The molecule has 0 bridgehead atoms. The number of carbonyl (C=O) groups is 1. The van der Waals surface area contributed by atoms with E-state index in [1.54, 1.807) is 12.1 Å². The Morgan fingerprint density at radius 2 is 1.80 bits per heavy atom. The van der Waals surface area contributed by atoms with Crippen LogP contribution in [0, 0.1) is 0 Å². The largest absolute Gasteiger partial charge is 0.508 e. The van der Waals surface area contributed by atoms with Crippen molar-refractivity contribution in [2.45, 2.75) is 13.5 Å². The number of hydrazone groups is 1. The molecule has 12 heteroatoms. The summed E-state index contributed by atoms with van der Waals surface area (Å²) >= 11 is 0. The molecule has 0 radical (unpaired) electrons. The summed E-state index contributed by atoms with van der Waals surface area (Å²) in [5.41, 5.74) is 2.88. The van der Waals surface area contributed by atoms with Gasteiger partial charge in [0.05, 0.1) is 12.8 Å². The van der Waals surface area contributed by atoms with Crippen molar-refractivity contribution >= 4 is 29.3 Å². The number of carboxylic acid groups (broad SMARTS) is 1. The Morgan fingerprint density at radius 1 is 1.20 bits per heavy atom. The number of aryl methyl sites for hydroxylation is 1. The fourth-order valence-electron chi connectivity index (χ4n) is 2.57. The predicted octanol–water partition coefficient (Wildman–Crippen LogP) is -0.331. The summed E-state index contributed by atoms with van der Waals surface area (Å²) in [6, 6.07) is 6.41. The van der Waals surface area contributed by atoms with Gasteiger partial charge in [0.2, 0.25) is 5.95 Å². The van der Waals surface area contributed by atoms with Crippen molar-refractivity contribution < 1.29 is 20.1 Å². The molecule has 0 amide bonds. The summed E-state index contributed by atoms with van der Waals surface area (Å²) in [5, 5.41) is 30.1. The molecule has 0 fully saturated rings. The first kappa shape index (κ1) is 22.4. The normalized spacial score (nSPS) is 10.8. The van der Waals surface area contributed by atoms with E-state index in [-0.39, 0.29) is 36.0 Å². The number of phenolic OH excluding ortho intramolecular Hbond substituents is 1. The average molecular weight is 418 g/mol. The number of aromatic nitrogens is 4. The Bertz CT molecular complexity index is 1190. The Kier molecular flexibility index (Phi) is 7.09. The summed E-state index contributed by atoms with van der Waals surface area (Å²) in [4.78, 5) is 37.8. The molecule has 12 nitrogen and oxygen atoms in total. The van der Waals surface area contributed by atoms with Crippen molar-refractivity contribution in [2.75, 3.05) is 12.0 Å². The number of aliphatic hydroxyl groups excluding tert-OH is 1. The molecule has 0 unspecified atom stereocenters. The zero-order valence-corrected chi connectivity index (χ0v) is 16.6. The number of aliphatic hydroxyl groups is 1. The minimum Gasteiger partial charge on any atom is -0.508 e. The monoisotopic (exact) mass is 418 g/mol. The summed E-state index contributed by atoms with van der Waals surface area (Å²) in [5.74, 6) is -0.459. The van der Waals surface area contributed by atoms with Crippen molar-refractivity contribution in [1.29, 1.82) is 0 Å². The number of phenols is 1. The van der Waals surface area contributed by atoms with E-state index >= 15 is 0 Å². The highest BCUT2D eigenvalue weighted by Gasteiger charge is 2.18. The molecule has 1 aromatic carbocycles. The van der Waals surface area contributed by atoms with Gasteiger partial charge in [-0.3, -0.25) is 18.7 Å². The Morgan fingerprint density at radius 3 is 2.37 bits per heavy atom. The van der Waals surface area contributed by atoms with Crippen LogP contribution < -0.4 is 16.7 Å². The molecule has 160 valence electrons. The van der Waals surface area contributed by atoms with Crippen molar-refractivity contribution in [3.05, 3.63) is 50.7 Å². The van der Waals surface area contributed by atoms with Crippen molar-refractivity contribution in [3.63, 3.8) is 0 Å². The van der Waals surface area contributed by atoms with Crippen LogP contribution in [-0.4, -0.2) is 52.8 Å². The lowest BCUT2D eigenvalue weighted by Crippen LogP contribution is -2.37. The van der Waals surface area contributed by atoms with Crippen molar-refractivity contribution in [1.82, 2.24) is 18.7 Å². The first-order chi connectivity index (χ1) is 14.2. The van der Waals surface area contributed by atoms with E-state index in [4.69, 9.17) is 9.90 Å². The highest BCUT2D eigenvalue weighted by Crippen LogP contribution is 2.15. The quantitative estimate of drug-likeness (QED) is 0.323. The molecule has 2 aromatic heterocycles. The van der Waals surface area contributed by atoms with E-state index in [1.807, 2.05) is 0 Å². The minimum absolute atomic E-state index is 0.112. The molecule has 30 heavy (non-hydrogen) atoms. The van der Waals surface area contributed by atoms with E-state index in [0.29, 0.717) is 0 Å². The SMILES string of the molecule is CC(=O)O.Cn1c(=O)c2c(nc(NN=Cc3ccc(O)cc3)n2CCO)n(C)c1=O. The van der Waals surface area contributed by atoms with Crippen LogP contribution in [0.4, 0.5) is 5.95 Å². The Labute approximate surface area is 170 Å². The minimum atomic E-state index is -0.833. The molecule has 0 saturated carbocycles. The van der Waals surface area contributed by atoms with Crippen LogP contribution in [0.2, 0.25) is 0 Å². The number of carboxylic acids is 1. The van der Waals surface area contributed by atoms with Crippen LogP contribution in [-0.2, 0) is 25.4 Å². The smallest absolute Gasteiger partial charge is 0.332 e. The number of aliphatic carboxylic acids is 1. The zero-order valence-electron chi connectivity index (χ0n) is 16.6. The first-order valence-electron chi connectivity index (χ1n) is 8.72. The van der Waals surface area contributed by atoms with E-state index in [1.165, 1.54) is 41.6 Å². The fourth-order valence-corrected chi connectivity index (χ4v) is 2.57. The molecule has 0 atom stereocenters. The van der Waals surface area contributed by atoms with Gasteiger partial charge >= 0.3 is 5.69 Å². The second-order valence-corrected chi connectivity index (χ2v) is 6.17. The number of nitrogens with one attached hydrogen (secondary N) is 1. The number of hydrogen-bond acceptors (Lipinski definition) is 8. The second kappa shape index (κ2) is 9.52. The van der Waals surface area contributed by atoms with Gasteiger partial charge in [0.15, 0.2) is 11.2 Å². The molecule has 0 spiro atoms. The van der Waals surface area contributed by atoms with Gasteiger partial charge in [0.1, 0.15) is 5.75 Å². The van der Waals surface area contributed by atoms with Gasteiger partial charge in [-0.15, -0.1) is 0 Å². The average Bonchev–Trinajstić information content (AvgIpc) is 3.05. The number of imidazole rings is 1. The van der Waals surface area contributed by atoms with Gasteiger partial charge in [-0.25, -0.2) is 10.2 Å². The van der Waals surface area contributed by atoms with E-state index < -0.39 is 17.2 Å². The lowest BCUT2D eigenvalue weighted by Gasteiger charge is -2.07. The number of nitrogens with zero attached hydrogens (tertiary/aromatic N) is 5. The maximum Gasteiger partial charge on any atom is 0.332 e. The van der Waals surface area contributed by atoms with Gasteiger partial charge in [0.25, 0.3) is 11.5 Å². The van der Waals surface area contributed by atoms with Gasteiger partial charge in [-0.2, -0.15) is 10.1 Å². The number of benzene rings is 1. The third-order valence-electron chi connectivity index (χ3n) is 3.94. The number of anilines is 1. The van der Waals surface area contributed by atoms with Crippen LogP contribution in [0.3, 0.4) is 0 Å². The molecule has 0 saturated heterocycles. The van der Waals surface area contributed by atoms with Crippen LogP contribution >= 0.6 is 0 Å². The maximum atomic E-state index is 12.5. The molecule has 0 aliphatic rings. The summed E-state index contributed by atoms with van der Waals surface area (Å²) in [7, 11) is 2.90. The van der Waals surface area contributed by atoms with Gasteiger partial charge in [-0.1, -0.05) is 0 Å². The molecule has 2 heterocycles. The lowest BCUT2D eigenvalue weighted by atomic mass is 10.2. The van der Waals surface area contributed by atoms with Crippen LogP contribution in [0.1, 0.15) is 12.5 Å². The number of fused-ring (bicyclic) bond motifs is 1. The number of aromatic hydroxyl groups is 1. The third-order valence-corrected chi connectivity index (χ3v) is 3.94. The second-order valence-electron chi connectivity index (χ2n) is 6.17. The fraction of sp³-hybridized carbons (Fsp3) is 0.278. The Balaban J connectivity index is 0.000000735. The third kappa shape index (κ3) is 4.91. The Hall–Kier alpha value is -3.93. The molecule has 4 N–H and O–H groups in total. The van der Waals surface area contributed by atoms with Crippen molar-refractivity contribution in [3.8, 4) is 5.75 Å². The predicted molar refractivity (Wildman–Crippen MR) is 110 cm³/mol. The highest BCUT2D eigenvalue weighted by atomic mass is 16.4. The summed E-state index contributed by atoms with van der Waals surface area (Å²) in [6.07, 6.45) is 1.51. The maximum absolute atomic E-state index is 12.5. The molecule has 3 aromatic rings. The summed E-state index contributed by atoms with van der Waals surface area (Å²) < 4.78 is 3.73. The zero-order chi connectivity index (χ0) is 22.4. The van der Waals surface area contributed by atoms with E-state index in [0.717, 1.165) is 17.1 Å². The van der Waals surface area contributed by atoms with Crippen LogP contribution in [0.5, 0.6) is 5.75 Å². The molecule has 3 rings (SSSR count). The van der Waals surface area contributed by atoms with Gasteiger partial charge in [0, 0.05) is 27.6 Å². The van der Waals surface area contributed by atoms with E-state index in [9.17, 15) is 19.8 Å². The first-order valence-corrected chi connectivity index (χ1v) is 8.72. The number of hydrogen-bond donors (Lipinski definition) is 4. The topological polar surface area (TPSA) is 164 Å². The molecular weight excluding hydrogens is 396 g/mol. The van der Waals surface area contributed by atoms with Crippen LogP contribution in [0.25, 0.3) is 11.2 Å². The summed E-state index contributed by atoms with van der Waals surface area (Å²) in [6.45, 7) is 0.981. The molecule has 0 aliphatic carbocycles. The molecule has 0 aliphatic heterocycles. The lowest BCUT2D eigenvalue weighted by molar-refractivity contribution is -0.134. The van der Waals surface area contributed by atoms with Gasteiger partial charge in [-0.05, 0) is 29.8 Å². The highest BCUT2D eigenvalue weighted by molar-refractivity contribution is 5.80. The number of rotatable bonds is 5. The van der Waals surface area contributed by atoms with Crippen molar-refractivity contribution in [2.24, 2.45) is 19.2 Å². The van der Waals surface area contributed by atoms with Crippen LogP contribution in [0.15, 0.2) is 39.0 Å². The standard InChI is InChI=1S/C16H18N6O4.C2H4O2/c1-20-13-12(14(25)21(2)16(20)26)22(7-8-23)15(18-13)19-17-9-10-3-5-11(24)6-4-10;1-2(3)4/h3-6,9,23-24H,7-8H2,1-2H3,(H,18,19);1H3,(H,3,4). The van der Waals surface area contributed by atoms with E-state index in [2.05, 4.69) is 15.5 Å².